The van der Waals surface area contributed by atoms with Crippen molar-refractivity contribution in [3.8, 4) is 0 Å². The molecule has 1 fully saturated rings. The fourth-order valence-corrected chi connectivity index (χ4v) is 2.53. The Labute approximate surface area is 140 Å². The van der Waals surface area contributed by atoms with Crippen molar-refractivity contribution in [2.75, 3.05) is 11.9 Å². The molecule has 0 spiro atoms. The van der Waals surface area contributed by atoms with Crippen molar-refractivity contribution < 1.29 is 24.2 Å². The first-order chi connectivity index (χ1) is 11.4. The van der Waals surface area contributed by atoms with Crippen LogP contribution in [0.15, 0.2) is 41.7 Å². The summed E-state index contributed by atoms with van der Waals surface area (Å²) in [5, 5.41) is 10.0. The second-order valence-corrected chi connectivity index (χ2v) is 5.81. The molecule has 1 aromatic rings. The van der Waals surface area contributed by atoms with Crippen LogP contribution in [0.25, 0.3) is 0 Å². The van der Waals surface area contributed by atoms with Crippen molar-refractivity contribution in [2.24, 2.45) is 0 Å². The summed E-state index contributed by atoms with van der Waals surface area (Å²) in [7, 11) is 1.68. The van der Waals surface area contributed by atoms with Gasteiger partial charge in [0, 0.05) is 32.0 Å². The zero-order chi connectivity index (χ0) is 17.7. The quantitative estimate of drug-likeness (QED) is 0.388. The number of aliphatic hydroxyl groups is 1. The molecule has 0 bridgehead atoms. The van der Waals surface area contributed by atoms with Gasteiger partial charge in [0.05, 0.1) is 0 Å². The number of esters is 1. The van der Waals surface area contributed by atoms with Gasteiger partial charge < -0.3 is 14.7 Å². The van der Waals surface area contributed by atoms with Gasteiger partial charge >= 0.3 is 5.97 Å². The second-order valence-electron chi connectivity index (χ2n) is 5.81. The van der Waals surface area contributed by atoms with E-state index in [1.807, 2.05) is 30.3 Å². The van der Waals surface area contributed by atoms with Gasteiger partial charge in [0.2, 0.25) is 5.91 Å². The van der Waals surface area contributed by atoms with Crippen LogP contribution in [0, 0.1) is 0 Å². The number of nitrogens with zero attached hydrogens (tertiary/aromatic N) is 1. The van der Waals surface area contributed by atoms with Gasteiger partial charge in [-0.1, -0.05) is 18.2 Å². The molecule has 0 aliphatic carbocycles. The molecule has 6 nitrogen and oxygen atoms in total. The van der Waals surface area contributed by atoms with E-state index in [0.717, 1.165) is 5.69 Å². The number of para-hydroxylation sites is 1. The van der Waals surface area contributed by atoms with E-state index in [9.17, 15) is 19.5 Å². The Hall–Kier alpha value is -2.63. The molecular formula is C18H21NO5. The zero-order valence-electron chi connectivity index (χ0n) is 13.8. The largest absolute Gasteiger partial charge is 0.511 e. The summed E-state index contributed by atoms with van der Waals surface area (Å²) in [6, 6.07) is 9.21. The molecule has 0 aromatic heterocycles. The summed E-state index contributed by atoms with van der Waals surface area (Å²) in [4.78, 5) is 37.2. The topological polar surface area (TPSA) is 83.9 Å². The minimum absolute atomic E-state index is 0.0702. The lowest BCUT2D eigenvalue weighted by Crippen LogP contribution is -2.31. The Morgan fingerprint density at radius 2 is 1.92 bits per heavy atom. The Balaban J connectivity index is 1.91. The van der Waals surface area contributed by atoms with E-state index in [-0.39, 0.29) is 36.5 Å². The lowest BCUT2D eigenvalue weighted by atomic mass is 9.99. The van der Waals surface area contributed by atoms with Crippen molar-refractivity contribution in [1.29, 1.82) is 0 Å². The molecule has 1 saturated heterocycles. The predicted molar refractivity (Wildman–Crippen MR) is 88.5 cm³/mol. The van der Waals surface area contributed by atoms with Crippen LogP contribution >= 0.6 is 0 Å². The van der Waals surface area contributed by atoms with Crippen molar-refractivity contribution in [2.45, 2.75) is 38.7 Å². The summed E-state index contributed by atoms with van der Waals surface area (Å²) in [6.07, 6.45) is 0.214. The highest BCUT2D eigenvalue weighted by Gasteiger charge is 2.32. The van der Waals surface area contributed by atoms with E-state index in [4.69, 9.17) is 4.74 Å². The van der Waals surface area contributed by atoms with Gasteiger partial charge in [-0.2, -0.15) is 0 Å². The minimum atomic E-state index is -0.788. The summed E-state index contributed by atoms with van der Waals surface area (Å²) in [6.45, 7) is 1.63. The lowest BCUT2D eigenvalue weighted by molar-refractivity contribution is -0.150. The highest BCUT2D eigenvalue weighted by atomic mass is 16.5. The number of Topliss-reactive ketones (excluding diaryl/α,β-unsaturated/α-hetero) is 1. The van der Waals surface area contributed by atoms with E-state index in [1.165, 1.54) is 4.90 Å². The standard InChI is InChI=1S/C18H21NO5/c1-12-11-15(21)17(18(23)24-12)14(20)9-6-10-16(22)19(2)13-7-4-3-5-8-13/h3-5,7-8,12,20H,6,9-11H2,1-2H3/b17-14+/t12-/m1/s1. The number of amides is 1. The Bertz CT molecular complexity index is 645. The van der Waals surface area contributed by atoms with E-state index in [0.29, 0.717) is 6.42 Å². The monoisotopic (exact) mass is 331 g/mol. The summed E-state index contributed by atoms with van der Waals surface area (Å²) in [5.74, 6) is -1.61. The fourth-order valence-electron chi connectivity index (χ4n) is 2.53. The van der Waals surface area contributed by atoms with E-state index in [1.54, 1.807) is 14.0 Å². The molecule has 1 atom stereocenters. The number of carbonyl (C=O) groups is 3. The van der Waals surface area contributed by atoms with Crippen molar-refractivity contribution >= 4 is 23.3 Å². The highest BCUT2D eigenvalue weighted by molar-refractivity contribution is 6.19. The Kier molecular flexibility index (Phi) is 5.73. The molecular weight excluding hydrogens is 310 g/mol. The van der Waals surface area contributed by atoms with Gasteiger partial charge in [-0.3, -0.25) is 9.59 Å². The summed E-state index contributed by atoms with van der Waals surface area (Å²) >= 11 is 0. The van der Waals surface area contributed by atoms with Crippen LogP contribution in [0.1, 0.15) is 32.6 Å². The molecule has 0 unspecified atom stereocenters. The highest BCUT2D eigenvalue weighted by Crippen LogP contribution is 2.21. The maximum atomic E-state index is 12.1. The third-order valence-electron chi connectivity index (χ3n) is 3.87. The van der Waals surface area contributed by atoms with Crippen LogP contribution in [0.4, 0.5) is 5.69 Å². The molecule has 1 N–H and O–H groups in total. The van der Waals surface area contributed by atoms with Crippen molar-refractivity contribution in [1.82, 2.24) is 0 Å². The summed E-state index contributed by atoms with van der Waals surface area (Å²) < 4.78 is 4.96. The first kappa shape index (κ1) is 17.7. The van der Waals surface area contributed by atoms with E-state index in [2.05, 4.69) is 0 Å². The predicted octanol–water partition coefficient (Wildman–Crippen LogP) is 2.54. The zero-order valence-corrected chi connectivity index (χ0v) is 13.8. The normalized spacial score (nSPS) is 19.7. The van der Waals surface area contributed by atoms with Crippen molar-refractivity contribution in [3.05, 3.63) is 41.7 Å². The molecule has 1 aliphatic heterocycles. The number of anilines is 1. The number of aliphatic hydroxyl groups excluding tert-OH is 1. The average Bonchev–Trinajstić information content (AvgIpc) is 2.53. The number of ether oxygens (including phenoxy) is 1. The first-order valence-corrected chi connectivity index (χ1v) is 7.88. The number of cyclic esters (lactones) is 1. The lowest BCUT2D eigenvalue weighted by Gasteiger charge is -2.20. The third kappa shape index (κ3) is 4.22. The number of allylic oxidation sites excluding steroid dienone is 1. The van der Waals surface area contributed by atoms with Gasteiger partial charge in [0.25, 0.3) is 0 Å². The Morgan fingerprint density at radius 3 is 2.54 bits per heavy atom. The number of ketones is 1. The molecule has 24 heavy (non-hydrogen) atoms. The van der Waals surface area contributed by atoms with Gasteiger partial charge in [0.1, 0.15) is 17.4 Å². The van der Waals surface area contributed by atoms with Crippen LogP contribution in [0.2, 0.25) is 0 Å². The van der Waals surface area contributed by atoms with Crippen LogP contribution in [0.3, 0.4) is 0 Å². The summed E-state index contributed by atoms with van der Waals surface area (Å²) in [5.41, 5.74) is 0.502. The average molecular weight is 331 g/mol. The Morgan fingerprint density at radius 1 is 1.25 bits per heavy atom. The van der Waals surface area contributed by atoms with E-state index >= 15 is 0 Å². The van der Waals surface area contributed by atoms with Crippen molar-refractivity contribution in [3.63, 3.8) is 0 Å². The van der Waals surface area contributed by atoms with Crippen LogP contribution in [-0.4, -0.2) is 35.9 Å². The van der Waals surface area contributed by atoms with E-state index < -0.39 is 17.9 Å². The van der Waals surface area contributed by atoms with Crippen LogP contribution in [0.5, 0.6) is 0 Å². The number of rotatable bonds is 5. The molecule has 2 rings (SSSR count). The molecule has 0 radical (unpaired) electrons. The maximum absolute atomic E-state index is 12.1. The number of carbonyl (C=O) groups excluding carboxylic acids is 3. The van der Waals surface area contributed by atoms with Gasteiger partial charge in [0.15, 0.2) is 5.78 Å². The molecule has 6 heteroatoms. The number of benzene rings is 1. The van der Waals surface area contributed by atoms with Gasteiger partial charge in [-0.25, -0.2) is 4.79 Å². The SMILES string of the molecule is C[C@@H]1CC(=O)/C(=C(\O)CCCC(=O)N(C)c2ccccc2)C(=O)O1. The van der Waals surface area contributed by atoms with Gasteiger partial charge in [-0.15, -0.1) is 0 Å². The number of hydrogen-bond acceptors (Lipinski definition) is 5. The molecule has 1 aliphatic rings. The first-order valence-electron chi connectivity index (χ1n) is 7.88. The molecule has 128 valence electrons. The maximum Gasteiger partial charge on any atom is 0.345 e. The number of hydrogen-bond donors (Lipinski definition) is 1. The minimum Gasteiger partial charge on any atom is -0.511 e. The van der Waals surface area contributed by atoms with Gasteiger partial charge in [-0.05, 0) is 25.5 Å². The molecule has 1 amide bonds. The smallest absolute Gasteiger partial charge is 0.345 e. The van der Waals surface area contributed by atoms with Crippen LogP contribution < -0.4 is 4.90 Å². The fraction of sp³-hybridized carbons (Fsp3) is 0.389. The van der Waals surface area contributed by atoms with Crippen LogP contribution in [-0.2, 0) is 19.1 Å². The molecule has 1 aromatic carbocycles. The molecule has 0 saturated carbocycles. The second kappa shape index (κ2) is 7.77. The molecule has 1 heterocycles. The third-order valence-corrected chi connectivity index (χ3v) is 3.87.